The Bertz CT molecular complexity index is 851. The van der Waals surface area contributed by atoms with Crippen molar-refractivity contribution in [2.24, 2.45) is 11.7 Å². The monoisotopic (exact) mass is 454 g/mol. The Morgan fingerprint density at radius 2 is 1.77 bits per heavy atom. The zero-order valence-electron chi connectivity index (χ0n) is 18.7. The van der Waals surface area contributed by atoms with Gasteiger partial charge in [0.15, 0.2) is 0 Å². The molecule has 1 saturated carbocycles. The zero-order chi connectivity index (χ0) is 23.2. The molecule has 0 aliphatic heterocycles. The number of hydrogen-bond donors (Lipinski definition) is 1. The van der Waals surface area contributed by atoms with E-state index >= 15 is 0 Å². The van der Waals surface area contributed by atoms with E-state index in [9.17, 15) is 18.0 Å². The van der Waals surface area contributed by atoms with E-state index in [0.717, 1.165) is 10.5 Å². The van der Waals surface area contributed by atoms with Gasteiger partial charge in [-0.25, -0.2) is 22.9 Å². The molecule has 0 saturated heterocycles. The summed E-state index contributed by atoms with van der Waals surface area (Å²) in [5.74, 6) is -0.395. The Morgan fingerprint density at radius 3 is 2.35 bits per heavy atom. The highest BCUT2D eigenvalue weighted by molar-refractivity contribution is 7.91. The topological polar surface area (TPSA) is 116 Å². The Labute approximate surface area is 185 Å². The smallest absolute Gasteiger partial charge is 0.420 e. The molecule has 1 aliphatic rings. The minimum atomic E-state index is -3.25. The number of benzene rings is 1. The van der Waals surface area contributed by atoms with Crippen LogP contribution in [0.1, 0.15) is 52.5 Å². The Hall–Kier alpha value is -2.13. The van der Waals surface area contributed by atoms with E-state index < -0.39 is 33.7 Å². The molecule has 0 aromatic heterocycles. The zero-order valence-corrected chi connectivity index (χ0v) is 19.6. The number of carbonyl (C=O) groups is 2. The third-order valence-corrected chi connectivity index (χ3v) is 7.09. The van der Waals surface area contributed by atoms with Crippen LogP contribution in [-0.2, 0) is 25.9 Å². The summed E-state index contributed by atoms with van der Waals surface area (Å²) in [6.45, 7) is 6.75. The van der Waals surface area contributed by atoms with Crippen molar-refractivity contribution >= 4 is 22.0 Å². The van der Waals surface area contributed by atoms with Gasteiger partial charge in [0, 0.05) is 17.8 Å². The molecular formula is C22H34N2O6S. The molecule has 0 spiro atoms. The molecule has 9 heteroatoms. The summed E-state index contributed by atoms with van der Waals surface area (Å²) in [6.07, 6.45) is -0.359. The third kappa shape index (κ3) is 7.81. The van der Waals surface area contributed by atoms with Crippen molar-refractivity contribution in [2.45, 2.75) is 71.2 Å². The second kappa shape index (κ2) is 10.5. The van der Waals surface area contributed by atoms with Crippen molar-refractivity contribution in [1.82, 2.24) is 4.90 Å². The SMILES string of the molecule is CCS(=O)(=O)CC1CC(N(C(=O)OCc2ccccc2)C(=O)OC(C)(C)C)CCC1N. The van der Waals surface area contributed by atoms with Gasteiger partial charge in [-0.3, -0.25) is 0 Å². The van der Waals surface area contributed by atoms with Crippen LogP contribution in [0.5, 0.6) is 0 Å². The minimum absolute atomic E-state index is 0.0127. The maximum atomic E-state index is 12.9. The number of sulfone groups is 1. The van der Waals surface area contributed by atoms with Crippen LogP contribution in [0, 0.1) is 5.92 Å². The first-order valence-electron chi connectivity index (χ1n) is 10.6. The standard InChI is InChI=1S/C22H34N2O6S/c1-5-31(27,28)15-17-13-18(11-12-19(17)23)24(21(26)30-22(2,3)4)20(25)29-14-16-9-7-6-8-10-16/h6-10,17-19H,5,11-15,23H2,1-4H3. The number of imide groups is 1. The van der Waals surface area contributed by atoms with Gasteiger partial charge in [-0.1, -0.05) is 37.3 Å². The number of nitrogens with two attached hydrogens (primary N) is 1. The molecule has 2 N–H and O–H groups in total. The van der Waals surface area contributed by atoms with Crippen molar-refractivity contribution in [3.63, 3.8) is 0 Å². The van der Waals surface area contributed by atoms with Crippen LogP contribution in [0.4, 0.5) is 9.59 Å². The fourth-order valence-electron chi connectivity index (χ4n) is 3.61. The summed E-state index contributed by atoms with van der Waals surface area (Å²) >= 11 is 0. The lowest BCUT2D eigenvalue weighted by molar-refractivity contribution is 0.00563. The molecule has 31 heavy (non-hydrogen) atoms. The number of amides is 2. The summed E-state index contributed by atoms with van der Waals surface area (Å²) < 4.78 is 35.2. The largest absolute Gasteiger partial charge is 0.444 e. The third-order valence-electron chi connectivity index (χ3n) is 5.28. The van der Waals surface area contributed by atoms with E-state index in [-0.39, 0.29) is 30.1 Å². The van der Waals surface area contributed by atoms with Crippen molar-refractivity contribution in [1.29, 1.82) is 0 Å². The number of carbonyl (C=O) groups excluding carboxylic acids is 2. The summed E-state index contributed by atoms with van der Waals surface area (Å²) in [5.41, 5.74) is 6.17. The van der Waals surface area contributed by atoms with E-state index in [4.69, 9.17) is 15.2 Å². The first-order chi connectivity index (χ1) is 14.4. The molecule has 3 unspecified atom stereocenters. The van der Waals surface area contributed by atoms with E-state index in [2.05, 4.69) is 0 Å². The molecular weight excluding hydrogens is 420 g/mol. The highest BCUT2D eigenvalue weighted by Crippen LogP contribution is 2.30. The average Bonchev–Trinajstić information content (AvgIpc) is 2.68. The van der Waals surface area contributed by atoms with Crippen molar-refractivity contribution < 1.29 is 27.5 Å². The van der Waals surface area contributed by atoms with Crippen molar-refractivity contribution in [2.75, 3.05) is 11.5 Å². The normalized spacial score (nSPS) is 21.9. The van der Waals surface area contributed by atoms with Crippen LogP contribution >= 0.6 is 0 Å². The number of ether oxygens (including phenoxy) is 2. The molecule has 174 valence electrons. The summed E-state index contributed by atoms with van der Waals surface area (Å²) in [7, 11) is -3.25. The predicted molar refractivity (Wildman–Crippen MR) is 118 cm³/mol. The predicted octanol–water partition coefficient (Wildman–Crippen LogP) is 3.49. The van der Waals surface area contributed by atoms with Gasteiger partial charge >= 0.3 is 12.2 Å². The highest BCUT2D eigenvalue weighted by Gasteiger charge is 2.40. The lowest BCUT2D eigenvalue weighted by atomic mass is 9.82. The lowest BCUT2D eigenvalue weighted by Crippen LogP contribution is -2.52. The fraction of sp³-hybridized carbons (Fsp3) is 0.636. The molecule has 0 heterocycles. The summed E-state index contributed by atoms with van der Waals surface area (Å²) in [5, 5.41) is 0. The molecule has 1 aromatic carbocycles. The molecule has 1 fully saturated rings. The Balaban J connectivity index is 2.20. The first kappa shape index (κ1) is 25.1. The van der Waals surface area contributed by atoms with Crippen molar-refractivity contribution in [3.05, 3.63) is 35.9 Å². The Kier molecular flexibility index (Phi) is 8.48. The fourth-order valence-corrected chi connectivity index (χ4v) is 4.88. The quantitative estimate of drug-likeness (QED) is 0.699. The molecule has 2 rings (SSSR count). The molecule has 3 atom stereocenters. The van der Waals surface area contributed by atoms with E-state index in [0.29, 0.717) is 19.3 Å². The molecule has 1 aliphatic carbocycles. The van der Waals surface area contributed by atoms with Gasteiger partial charge in [0.05, 0.1) is 5.75 Å². The molecule has 1 aromatic rings. The first-order valence-corrected chi connectivity index (χ1v) is 12.4. The second-order valence-corrected chi connectivity index (χ2v) is 11.4. The van der Waals surface area contributed by atoms with Gasteiger partial charge in [0.1, 0.15) is 22.0 Å². The average molecular weight is 455 g/mol. The number of rotatable bonds is 6. The summed E-state index contributed by atoms with van der Waals surface area (Å²) in [6, 6.07) is 8.29. The van der Waals surface area contributed by atoms with Crippen LogP contribution < -0.4 is 5.73 Å². The molecule has 2 amide bonds. The van der Waals surface area contributed by atoms with Gasteiger partial charge in [-0.2, -0.15) is 0 Å². The number of hydrogen-bond acceptors (Lipinski definition) is 7. The summed E-state index contributed by atoms with van der Waals surface area (Å²) in [4.78, 5) is 26.8. The van der Waals surface area contributed by atoms with Crippen LogP contribution in [-0.4, -0.2) is 54.7 Å². The number of nitrogens with zero attached hydrogens (tertiary/aromatic N) is 1. The van der Waals surface area contributed by atoms with Crippen LogP contribution in [0.3, 0.4) is 0 Å². The second-order valence-electron chi connectivity index (χ2n) is 8.98. The maximum absolute atomic E-state index is 12.9. The maximum Gasteiger partial charge on any atom is 0.420 e. The van der Waals surface area contributed by atoms with Gasteiger partial charge in [0.2, 0.25) is 0 Å². The minimum Gasteiger partial charge on any atom is -0.444 e. The lowest BCUT2D eigenvalue weighted by Gasteiger charge is -2.38. The van der Waals surface area contributed by atoms with Crippen LogP contribution in [0.15, 0.2) is 30.3 Å². The highest BCUT2D eigenvalue weighted by atomic mass is 32.2. The van der Waals surface area contributed by atoms with E-state index in [1.807, 2.05) is 30.3 Å². The van der Waals surface area contributed by atoms with Crippen molar-refractivity contribution in [3.8, 4) is 0 Å². The molecule has 0 radical (unpaired) electrons. The van der Waals surface area contributed by atoms with Gasteiger partial charge in [0.25, 0.3) is 0 Å². The van der Waals surface area contributed by atoms with Crippen LogP contribution in [0.25, 0.3) is 0 Å². The van der Waals surface area contributed by atoms with Crippen LogP contribution in [0.2, 0.25) is 0 Å². The van der Waals surface area contributed by atoms with Gasteiger partial charge < -0.3 is 15.2 Å². The Morgan fingerprint density at radius 1 is 1.13 bits per heavy atom. The van der Waals surface area contributed by atoms with Gasteiger partial charge in [-0.15, -0.1) is 0 Å². The van der Waals surface area contributed by atoms with E-state index in [1.54, 1.807) is 27.7 Å². The van der Waals surface area contributed by atoms with E-state index in [1.165, 1.54) is 0 Å². The molecule has 8 nitrogen and oxygen atoms in total. The van der Waals surface area contributed by atoms with Gasteiger partial charge in [-0.05, 0) is 51.5 Å². The molecule has 0 bridgehead atoms.